The van der Waals surface area contributed by atoms with E-state index in [1.165, 1.54) is 0 Å². The molecule has 0 radical (unpaired) electrons. The Balaban J connectivity index is 4.61. The van der Waals surface area contributed by atoms with Crippen LogP contribution in [0.3, 0.4) is 0 Å². The summed E-state index contributed by atoms with van der Waals surface area (Å²) in [6.07, 6.45) is 0.751. The quantitative estimate of drug-likeness (QED) is 0.622. The van der Waals surface area contributed by atoms with E-state index in [-0.39, 0.29) is 23.8 Å². The molecule has 0 aromatic carbocycles. The van der Waals surface area contributed by atoms with E-state index in [0.29, 0.717) is 5.92 Å². The zero-order chi connectivity index (χ0) is 14.3. The molecule has 1 unspecified atom stereocenters. The third-order valence-electron chi connectivity index (χ3n) is 2.87. The molecule has 2 amide bonds. The topological polar surface area (TPSA) is 70.2 Å². The molecule has 0 aliphatic rings. The van der Waals surface area contributed by atoms with E-state index >= 15 is 0 Å². The maximum Gasteiger partial charge on any atom is 0.242 e. The Morgan fingerprint density at radius 1 is 1.00 bits per heavy atom. The highest BCUT2D eigenvalue weighted by Gasteiger charge is 2.26. The first-order chi connectivity index (χ1) is 8.33. The Bertz CT molecular complexity index is 277. The molecule has 106 valence electrons. The van der Waals surface area contributed by atoms with Crippen LogP contribution in [-0.2, 0) is 9.59 Å². The molecule has 0 rings (SSSR count). The van der Waals surface area contributed by atoms with Crippen molar-refractivity contribution in [3.05, 3.63) is 0 Å². The predicted molar refractivity (Wildman–Crippen MR) is 73.1 cm³/mol. The van der Waals surface area contributed by atoms with E-state index in [1.54, 1.807) is 14.1 Å². The van der Waals surface area contributed by atoms with Gasteiger partial charge in [0.05, 0.1) is 6.04 Å². The normalized spacial score (nSPS) is 14.4. The fourth-order valence-electron chi connectivity index (χ4n) is 1.77. The van der Waals surface area contributed by atoms with Gasteiger partial charge in [0.2, 0.25) is 11.8 Å². The van der Waals surface area contributed by atoms with E-state index in [2.05, 4.69) is 29.8 Å². The number of carbonyl (C=O) groups excluding carboxylic acids is 2. The first-order valence-corrected chi connectivity index (χ1v) is 6.52. The van der Waals surface area contributed by atoms with Crippen molar-refractivity contribution in [1.29, 1.82) is 0 Å². The molecular weight excluding hydrogens is 230 g/mol. The Morgan fingerprint density at radius 2 is 1.56 bits per heavy atom. The summed E-state index contributed by atoms with van der Waals surface area (Å²) in [5.41, 5.74) is 0. The molecule has 0 saturated heterocycles. The minimum atomic E-state index is -0.481. The molecular formula is C13H27N3O2. The van der Waals surface area contributed by atoms with Crippen molar-refractivity contribution in [3.8, 4) is 0 Å². The molecule has 0 spiro atoms. The minimum Gasteiger partial charge on any atom is -0.357 e. The van der Waals surface area contributed by atoms with Crippen LogP contribution in [0.25, 0.3) is 0 Å². The molecule has 0 fully saturated rings. The average Bonchev–Trinajstić information content (AvgIpc) is 2.30. The number of nitrogens with one attached hydrogen (secondary N) is 3. The summed E-state index contributed by atoms with van der Waals surface area (Å²) in [5.74, 6) is 0.211. The fourth-order valence-corrected chi connectivity index (χ4v) is 1.77. The zero-order valence-electron chi connectivity index (χ0n) is 12.3. The zero-order valence-corrected chi connectivity index (χ0v) is 12.3. The molecule has 5 heteroatoms. The molecule has 0 saturated carbocycles. The maximum absolute atomic E-state index is 12.1. The van der Waals surface area contributed by atoms with E-state index in [0.717, 1.165) is 6.42 Å². The summed E-state index contributed by atoms with van der Waals surface area (Å²) in [5, 5.41) is 8.38. The minimum absolute atomic E-state index is 0.0606. The molecule has 0 aliphatic heterocycles. The molecule has 5 nitrogen and oxygen atoms in total. The second kappa shape index (κ2) is 8.08. The lowest BCUT2D eigenvalue weighted by Gasteiger charge is -2.24. The Hall–Kier alpha value is -1.10. The van der Waals surface area contributed by atoms with Crippen molar-refractivity contribution >= 4 is 11.8 Å². The monoisotopic (exact) mass is 257 g/mol. The van der Waals surface area contributed by atoms with Crippen LogP contribution in [0.5, 0.6) is 0 Å². The summed E-state index contributed by atoms with van der Waals surface area (Å²) >= 11 is 0. The number of hydrogen-bond donors (Lipinski definition) is 3. The van der Waals surface area contributed by atoms with Crippen LogP contribution in [0.2, 0.25) is 0 Å². The van der Waals surface area contributed by atoms with Crippen molar-refractivity contribution in [1.82, 2.24) is 16.0 Å². The van der Waals surface area contributed by atoms with Gasteiger partial charge in [-0.3, -0.25) is 9.59 Å². The number of carbonyl (C=O) groups is 2. The van der Waals surface area contributed by atoms with Gasteiger partial charge in [-0.25, -0.2) is 0 Å². The standard InChI is InChI=1S/C13H27N3O2/c1-8(2)7-10(14-5)12(17)16-11(9(3)4)13(18)15-6/h8-11,14H,7H2,1-6H3,(H,15,18)(H,16,17)/t10-,11?/m0/s1. The lowest BCUT2D eigenvalue weighted by molar-refractivity contribution is -0.130. The number of rotatable bonds is 7. The van der Waals surface area contributed by atoms with Gasteiger partial charge in [0.25, 0.3) is 0 Å². The van der Waals surface area contributed by atoms with Crippen LogP contribution in [0.15, 0.2) is 0 Å². The lowest BCUT2D eigenvalue weighted by Crippen LogP contribution is -2.54. The van der Waals surface area contributed by atoms with Crippen LogP contribution >= 0.6 is 0 Å². The predicted octanol–water partition coefficient (Wildman–Crippen LogP) is 0.507. The second-order valence-corrected chi connectivity index (χ2v) is 5.32. The van der Waals surface area contributed by atoms with E-state index in [4.69, 9.17) is 0 Å². The Morgan fingerprint density at radius 3 is 1.89 bits per heavy atom. The highest BCUT2D eigenvalue weighted by Crippen LogP contribution is 2.07. The Kier molecular flexibility index (Phi) is 7.59. The summed E-state index contributed by atoms with van der Waals surface area (Å²) in [7, 11) is 3.34. The van der Waals surface area contributed by atoms with Gasteiger partial charge in [-0.2, -0.15) is 0 Å². The van der Waals surface area contributed by atoms with Gasteiger partial charge in [0.15, 0.2) is 0 Å². The second-order valence-electron chi connectivity index (χ2n) is 5.32. The van der Waals surface area contributed by atoms with Gasteiger partial charge >= 0.3 is 0 Å². The van der Waals surface area contributed by atoms with Gasteiger partial charge in [-0.15, -0.1) is 0 Å². The fraction of sp³-hybridized carbons (Fsp3) is 0.846. The van der Waals surface area contributed by atoms with Gasteiger partial charge in [0, 0.05) is 7.05 Å². The molecule has 0 aromatic rings. The number of amides is 2. The van der Waals surface area contributed by atoms with Crippen LogP contribution in [0.1, 0.15) is 34.1 Å². The highest BCUT2D eigenvalue weighted by molar-refractivity contribution is 5.89. The van der Waals surface area contributed by atoms with Crippen LogP contribution in [-0.4, -0.2) is 38.0 Å². The van der Waals surface area contributed by atoms with Crippen molar-refractivity contribution in [3.63, 3.8) is 0 Å². The lowest BCUT2D eigenvalue weighted by atomic mass is 10.00. The number of likely N-dealkylation sites (N-methyl/N-ethyl adjacent to an activating group) is 2. The molecule has 3 N–H and O–H groups in total. The summed E-state index contributed by atoms with van der Waals surface area (Å²) < 4.78 is 0. The van der Waals surface area contributed by atoms with Gasteiger partial charge < -0.3 is 16.0 Å². The third-order valence-corrected chi connectivity index (χ3v) is 2.87. The van der Waals surface area contributed by atoms with E-state index in [1.807, 2.05) is 13.8 Å². The van der Waals surface area contributed by atoms with Crippen molar-refractivity contribution in [2.45, 2.75) is 46.2 Å². The maximum atomic E-state index is 12.1. The molecule has 0 aromatic heterocycles. The summed E-state index contributed by atoms with van der Waals surface area (Å²) in [4.78, 5) is 23.8. The first-order valence-electron chi connectivity index (χ1n) is 6.52. The summed E-state index contributed by atoms with van der Waals surface area (Å²) in [6, 6.07) is -0.735. The van der Waals surface area contributed by atoms with Crippen LogP contribution < -0.4 is 16.0 Å². The molecule has 18 heavy (non-hydrogen) atoms. The highest BCUT2D eigenvalue weighted by atomic mass is 16.2. The SMILES string of the molecule is CNC(=O)C(NC(=O)[C@H](CC(C)C)NC)C(C)C. The molecule has 0 aliphatic carbocycles. The molecule has 0 bridgehead atoms. The van der Waals surface area contributed by atoms with Crippen molar-refractivity contribution in [2.75, 3.05) is 14.1 Å². The Labute approximate surface area is 110 Å². The average molecular weight is 257 g/mol. The summed E-state index contributed by atoms with van der Waals surface area (Å²) in [6.45, 7) is 7.96. The van der Waals surface area contributed by atoms with Crippen LogP contribution in [0.4, 0.5) is 0 Å². The molecule has 0 heterocycles. The van der Waals surface area contributed by atoms with Crippen molar-refractivity contribution in [2.24, 2.45) is 11.8 Å². The van der Waals surface area contributed by atoms with Crippen molar-refractivity contribution < 1.29 is 9.59 Å². The van der Waals surface area contributed by atoms with E-state index < -0.39 is 6.04 Å². The van der Waals surface area contributed by atoms with Gasteiger partial charge in [0.1, 0.15) is 6.04 Å². The molecule has 2 atom stereocenters. The van der Waals surface area contributed by atoms with E-state index in [9.17, 15) is 9.59 Å². The third kappa shape index (κ3) is 5.49. The van der Waals surface area contributed by atoms with Gasteiger partial charge in [-0.05, 0) is 25.3 Å². The van der Waals surface area contributed by atoms with Gasteiger partial charge in [-0.1, -0.05) is 27.7 Å². The van der Waals surface area contributed by atoms with Crippen LogP contribution in [0, 0.1) is 11.8 Å². The number of hydrogen-bond acceptors (Lipinski definition) is 3. The smallest absolute Gasteiger partial charge is 0.242 e. The largest absolute Gasteiger partial charge is 0.357 e. The first kappa shape index (κ1) is 16.9.